The third-order valence-corrected chi connectivity index (χ3v) is 4.71. The second kappa shape index (κ2) is 9.32. The van der Waals surface area contributed by atoms with E-state index in [9.17, 15) is 5.26 Å². The Morgan fingerprint density at radius 1 is 1.28 bits per heavy atom. The van der Waals surface area contributed by atoms with Crippen LogP contribution in [0.15, 0.2) is 42.0 Å². The van der Waals surface area contributed by atoms with E-state index in [0.717, 1.165) is 31.5 Å². The van der Waals surface area contributed by atoms with E-state index in [4.69, 9.17) is 10.7 Å². The summed E-state index contributed by atoms with van der Waals surface area (Å²) >= 11 is 0. The van der Waals surface area contributed by atoms with Crippen LogP contribution in [0.5, 0.6) is 0 Å². The second-order valence-electron chi connectivity index (χ2n) is 7.25. The number of anilines is 1. The van der Waals surface area contributed by atoms with Gasteiger partial charge >= 0.3 is 0 Å². The van der Waals surface area contributed by atoms with Crippen molar-refractivity contribution >= 4 is 17.4 Å². The van der Waals surface area contributed by atoms with Crippen molar-refractivity contribution in [2.45, 2.75) is 32.7 Å². The van der Waals surface area contributed by atoms with Crippen LogP contribution in [0.25, 0.3) is 5.70 Å². The maximum Gasteiger partial charge on any atom is 0.246 e. The van der Waals surface area contributed by atoms with E-state index in [1.54, 1.807) is 12.3 Å². The van der Waals surface area contributed by atoms with Crippen LogP contribution in [-0.4, -0.2) is 30.0 Å². The molecule has 2 aromatic rings. The van der Waals surface area contributed by atoms with Gasteiger partial charge in [-0.3, -0.25) is 0 Å². The van der Waals surface area contributed by atoms with Gasteiger partial charge in [-0.2, -0.15) is 11.2 Å². The Balaban J connectivity index is 1.89. The van der Waals surface area contributed by atoms with Gasteiger partial charge in [0.15, 0.2) is 0 Å². The molecule has 4 N–H and O–H groups in total. The number of nitrogens with two attached hydrogens (primary N) is 1. The average Bonchev–Trinajstić information content (AvgIpc) is 2.96. The van der Waals surface area contributed by atoms with Crippen LogP contribution in [-0.2, 0) is 17.7 Å². The first-order chi connectivity index (χ1) is 14.0. The minimum absolute atomic E-state index is 0.155. The van der Waals surface area contributed by atoms with Crippen molar-refractivity contribution in [1.82, 2.24) is 10.3 Å². The highest BCUT2D eigenvalue weighted by Gasteiger charge is 2.14. The molecule has 150 valence electrons. The first-order valence-electron chi connectivity index (χ1n) is 9.66. The summed E-state index contributed by atoms with van der Waals surface area (Å²) in [6.07, 6.45) is 3.56. The summed E-state index contributed by atoms with van der Waals surface area (Å²) in [5.41, 5.74) is 5.00. The zero-order valence-corrected chi connectivity index (χ0v) is 16.8. The molecule has 0 aliphatic carbocycles. The number of benzene rings is 1. The molecule has 2 heterocycles. The highest BCUT2D eigenvalue weighted by molar-refractivity contribution is 5.97. The van der Waals surface area contributed by atoms with Gasteiger partial charge in [0.05, 0.1) is 16.8 Å². The lowest BCUT2D eigenvalue weighted by Crippen LogP contribution is -2.16. The molecule has 1 aromatic carbocycles. The molecular weight excluding hydrogens is 364 g/mol. The van der Waals surface area contributed by atoms with Gasteiger partial charge in [0.2, 0.25) is 5.90 Å². The van der Waals surface area contributed by atoms with E-state index in [2.05, 4.69) is 45.4 Å². The van der Waals surface area contributed by atoms with Gasteiger partial charge < -0.3 is 15.5 Å². The maximum atomic E-state index is 9.44. The number of hydrogen-bond donors (Lipinski definition) is 3. The van der Waals surface area contributed by atoms with E-state index in [1.807, 2.05) is 19.9 Å². The number of nitriles is 1. The van der Waals surface area contributed by atoms with Gasteiger partial charge in [-0.25, -0.2) is 9.98 Å². The molecule has 0 saturated carbocycles. The molecule has 0 atom stereocenters. The normalized spacial score (nSPS) is 14.0. The summed E-state index contributed by atoms with van der Waals surface area (Å²) in [4.78, 5) is 13.8. The van der Waals surface area contributed by atoms with Crippen molar-refractivity contribution < 1.29 is 4.84 Å². The third-order valence-electron chi connectivity index (χ3n) is 4.71. The second-order valence-corrected chi connectivity index (χ2v) is 7.25. The molecule has 1 aliphatic heterocycles. The average molecular weight is 390 g/mol. The number of pyridine rings is 1. The van der Waals surface area contributed by atoms with Crippen LogP contribution in [0.2, 0.25) is 0 Å². The van der Waals surface area contributed by atoms with E-state index >= 15 is 0 Å². The highest BCUT2D eigenvalue weighted by atomic mass is 16.6. The summed E-state index contributed by atoms with van der Waals surface area (Å²) in [7, 11) is 0. The fourth-order valence-corrected chi connectivity index (χ4v) is 3.25. The zero-order chi connectivity index (χ0) is 20.8. The van der Waals surface area contributed by atoms with Gasteiger partial charge in [-0.1, -0.05) is 18.7 Å². The largest absolute Gasteiger partial charge is 0.390 e. The molecule has 0 fully saturated rings. The molecule has 3 rings (SSSR count). The first-order valence-corrected chi connectivity index (χ1v) is 9.66. The Bertz CT molecular complexity index is 974. The Morgan fingerprint density at radius 2 is 2.03 bits per heavy atom. The molecule has 29 heavy (non-hydrogen) atoms. The molecule has 1 aliphatic rings. The number of rotatable bonds is 5. The predicted molar refractivity (Wildman–Crippen MR) is 115 cm³/mol. The van der Waals surface area contributed by atoms with Crippen molar-refractivity contribution in [1.29, 1.82) is 5.26 Å². The lowest BCUT2D eigenvalue weighted by atomic mass is 9.99. The van der Waals surface area contributed by atoms with Gasteiger partial charge in [-0.15, -0.1) is 0 Å². The number of nitrogens with zero attached hydrogens (tertiary/aromatic N) is 3. The molecule has 0 radical (unpaired) electrons. The zero-order valence-electron chi connectivity index (χ0n) is 16.8. The number of hydrogen-bond acceptors (Lipinski definition) is 7. The van der Waals surface area contributed by atoms with Gasteiger partial charge in [0.25, 0.3) is 0 Å². The van der Waals surface area contributed by atoms with Crippen LogP contribution in [0.1, 0.15) is 41.7 Å². The molecule has 0 bridgehead atoms. The van der Waals surface area contributed by atoms with E-state index in [1.165, 1.54) is 11.1 Å². The Morgan fingerprint density at radius 3 is 2.72 bits per heavy atom. The fourth-order valence-electron chi connectivity index (χ4n) is 3.25. The van der Waals surface area contributed by atoms with Crippen molar-refractivity contribution in [3.63, 3.8) is 0 Å². The number of aliphatic imine (C=N–C) groups is 1. The molecule has 0 spiro atoms. The van der Waals surface area contributed by atoms with Gasteiger partial charge in [-0.05, 0) is 68.6 Å². The molecule has 7 heteroatoms. The van der Waals surface area contributed by atoms with E-state index in [-0.39, 0.29) is 11.9 Å². The molecular formula is C22H26N6O. The lowest BCUT2D eigenvalue weighted by Gasteiger charge is -2.12. The SMILES string of the molecule is C=C(N=C(ON)c1cnc(NC(C)C)c(C#N)c1)c1ccc2c(c1)CCNCC2. The Kier molecular flexibility index (Phi) is 6.60. The minimum Gasteiger partial charge on any atom is -0.390 e. The molecule has 7 nitrogen and oxygen atoms in total. The topological polar surface area (TPSA) is 108 Å². The summed E-state index contributed by atoms with van der Waals surface area (Å²) in [6.45, 7) is 9.99. The molecule has 0 unspecified atom stereocenters. The van der Waals surface area contributed by atoms with Crippen molar-refractivity contribution in [2.75, 3.05) is 18.4 Å². The number of aromatic nitrogens is 1. The summed E-state index contributed by atoms with van der Waals surface area (Å²) < 4.78 is 0. The minimum atomic E-state index is 0.155. The maximum absolute atomic E-state index is 9.44. The number of fused-ring (bicyclic) bond motifs is 1. The van der Waals surface area contributed by atoms with E-state index in [0.29, 0.717) is 22.6 Å². The Hall–Kier alpha value is -3.21. The van der Waals surface area contributed by atoms with Crippen molar-refractivity contribution in [3.05, 3.63) is 64.9 Å². The Labute approximate surface area is 171 Å². The summed E-state index contributed by atoms with van der Waals surface area (Å²) in [5, 5.41) is 16.0. The van der Waals surface area contributed by atoms with Crippen LogP contribution in [0, 0.1) is 11.3 Å². The van der Waals surface area contributed by atoms with E-state index < -0.39 is 0 Å². The van der Waals surface area contributed by atoms with Gasteiger partial charge in [0, 0.05) is 12.2 Å². The van der Waals surface area contributed by atoms with Gasteiger partial charge in [0.1, 0.15) is 11.9 Å². The molecule has 0 saturated heterocycles. The lowest BCUT2D eigenvalue weighted by molar-refractivity contribution is 0.322. The fraction of sp³-hybridized carbons (Fsp3) is 0.318. The predicted octanol–water partition coefficient (Wildman–Crippen LogP) is 2.77. The van der Waals surface area contributed by atoms with Crippen LogP contribution in [0.3, 0.4) is 0 Å². The van der Waals surface area contributed by atoms with Crippen LogP contribution < -0.4 is 16.5 Å². The first kappa shape index (κ1) is 20.5. The summed E-state index contributed by atoms with van der Waals surface area (Å²) in [5.74, 6) is 6.14. The third kappa shape index (κ3) is 4.99. The molecule has 0 amide bonds. The van der Waals surface area contributed by atoms with Crippen LogP contribution >= 0.6 is 0 Å². The summed E-state index contributed by atoms with van der Waals surface area (Å²) in [6, 6.07) is 10.2. The van der Waals surface area contributed by atoms with Crippen molar-refractivity contribution in [3.8, 4) is 6.07 Å². The monoisotopic (exact) mass is 390 g/mol. The van der Waals surface area contributed by atoms with Crippen molar-refractivity contribution in [2.24, 2.45) is 10.9 Å². The highest BCUT2D eigenvalue weighted by Crippen LogP contribution is 2.22. The van der Waals surface area contributed by atoms with Crippen LogP contribution in [0.4, 0.5) is 5.82 Å². The molecule has 1 aromatic heterocycles. The standard InChI is InChI=1S/C22H26N6O/c1-14(2)27-21-19(12-23)11-20(13-26-21)22(29-24)28-15(3)17-5-4-16-6-8-25-9-7-18(16)10-17/h4-5,10-11,13-14,25H,3,6-9,24H2,1-2H3,(H,26,27). The number of nitrogens with one attached hydrogen (secondary N) is 2. The quantitative estimate of drug-likeness (QED) is 0.412. The smallest absolute Gasteiger partial charge is 0.246 e.